The molecule has 0 bridgehead atoms. The minimum atomic E-state index is -1.07. The van der Waals surface area contributed by atoms with E-state index in [4.69, 9.17) is 4.74 Å². The smallest absolute Gasteiger partial charge is 0.200 e. The maximum Gasteiger partial charge on any atom is 0.200 e. The molecular formula is C15H17BrF2O2. The highest BCUT2D eigenvalue weighted by atomic mass is 79.9. The number of Topliss-reactive ketones (excluding diaryl/α,β-unsaturated/α-hetero) is 1. The second-order valence-electron chi connectivity index (χ2n) is 5.04. The predicted molar refractivity (Wildman–Crippen MR) is 75.8 cm³/mol. The first-order valence-electron chi connectivity index (χ1n) is 6.84. The lowest BCUT2D eigenvalue weighted by Crippen LogP contribution is -2.44. The van der Waals surface area contributed by atoms with Crippen LogP contribution in [0.5, 0.6) is 0 Å². The van der Waals surface area contributed by atoms with Gasteiger partial charge in [0.05, 0.1) is 10.0 Å². The van der Waals surface area contributed by atoms with Crippen LogP contribution in [0.15, 0.2) is 16.6 Å². The SMILES string of the molecule is CCOC1(C(=O)c2c(F)ccc(Br)c2F)CCCCC1. The van der Waals surface area contributed by atoms with E-state index in [9.17, 15) is 13.6 Å². The first-order chi connectivity index (χ1) is 9.52. The summed E-state index contributed by atoms with van der Waals surface area (Å²) in [6.45, 7) is 2.14. The van der Waals surface area contributed by atoms with Crippen molar-refractivity contribution >= 4 is 21.7 Å². The van der Waals surface area contributed by atoms with E-state index in [-0.39, 0.29) is 4.47 Å². The third-order valence-corrected chi connectivity index (χ3v) is 4.38. The number of ketones is 1. The zero-order valence-electron chi connectivity index (χ0n) is 11.3. The van der Waals surface area contributed by atoms with Gasteiger partial charge in [-0.25, -0.2) is 8.78 Å². The van der Waals surface area contributed by atoms with Crippen LogP contribution in [-0.2, 0) is 4.74 Å². The Bertz CT molecular complexity index is 505. The van der Waals surface area contributed by atoms with Gasteiger partial charge in [0.2, 0.25) is 5.78 Å². The maximum absolute atomic E-state index is 14.1. The maximum atomic E-state index is 14.1. The van der Waals surface area contributed by atoms with Gasteiger partial charge in [0.15, 0.2) is 5.82 Å². The van der Waals surface area contributed by atoms with E-state index < -0.39 is 28.6 Å². The van der Waals surface area contributed by atoms with Crippen molar-refractivity contribution in [1.29, 1.82) is 0 Å². The fraction of sp³-hybridized carbons (Fsp3) is 0.533. The molecule has 0 unspecified atom stereocenters. The van der Waals surface area contributed by atoms with Crippen molar-refractivity contribution in [3.05, 3.63) is 33.8 Å². The predicted octanol–water partition coefficient (Wildman–Crippen LogP) is 4.65. The van der Waals surface area contributed by atoms with Gasteiger partial charge in [-0.15, -0.1) is 0 Å². The summed E-state index contributed by atoms with van der Waals surface area (Å²) >= 11 is 2.99. The summed E-state index contributed by atoms with van der Waals surface area (Å²) in [5.74, 6) is -2.25. The van der Waals surface area contributed by atoms with Crippen LogP contribution in [0, 0.1) is 11.6 Å². The summed E-state index contributed by atoms with van der Waals surface area (Å²) in [7, 11) is 0. The Hall–Kier alpha value is -0.810. The van der Waals surface area contributed by atoms with Gasteiger partial charge in [-0.2, -0.15) is 0 Å². The minimum Gasteiger partial charge on any atom is -0.367 e. The van der Waals surface area contributed by atoms with E-state index in [0.29, 0.717) is 19.4 Å². The normalized spacial score (nSPS) is 18.0. The molecule has 0 atom stereocenters. The summed E-state index contributed by atoms with van der Waals surface area (Å²) < 4.78 is 33.7. The molecule has 0 amide bonds. The Morgan fingerprint density at radius 1 is 1.30 bits per heavy atom. The molecule has 0 radical (unpaired) electrons. The van der Waals surface area contributed by atoms with Crippen LogP contribution in [0.1, 0.15) is 49.4 Å². The highest BCUT2D eigenvalue weighted by molar-refractivity contribution is 9.10. The highest BCUT2D eigenvalue weighted by Gasteiger charge is 2.43. The lowest BCUT2D eigenvalue weighted by atomic mass is 9.79. The number of hydrogen-bond acceptors (Lipinski definition) is 2. The Balaban J connectivity index is 2.45. The van der Waals surface area contributed by atoms with Crippen LogP contribution in [0.3, 0.4) is 0 Å². The van der Waals surface area contributed by atoms with E-state index in [1.165, 1.54) is 6.07 Å². The van der Waals surface area contributed by atoms with Crippen molar-refractivity contribution in [3.8, 4) is 0 Å². The van der Waals surface area contributed by atoms with Crippen molar-refractivity contribution in [2.75, 3.05) is 6.61 Å². The second kappa shape index (κ2) is 6.31. The van der Waals surface area contributed by atoms with Gasteiger partial charge in [0.25, 0.3) is 0 Å². The molecule has 1 aromatic carbocycles. The molecule has 2 nitrogen and oxygen atoms in total. The number of hydrogen-bond donors (Lipinski definition) is 0. The van der Waals surface area contributed by atoms with Crippen LogP contribution in [-0.4, -0.2) is 18.0 Å². The van der Waals surface area contributed by atoms with Crippen LogP contribution in [0.4, 0.5) is 8.78 Å². The zero-order valence-corrected chi connectivity index (χ0v) is 12.9. The van der Waals surface area contributed by atoms with Gasteiger partial charge >= 0.3 is 0 Å². The van der Waals surface area contributed by atoms with E-state index in [1.54, 1.807) is 6.92 Å². The van der Waals surface area contributed by atoms with Gasteiger partial charge in [-0.1, -0.05) is 19.3 Å². The molecule has 0 aromatic heterocycles. The Labute approximate surface area is 125 Å². The largest absolute Gasteiger partial charge is 0.367 e. The molecule has 0 saturated heterocycles. The van der Waals surface area contributed by atoms with Crippen molar-refractivity contribution < 1.29 is 18.3 Å². The molecule has 0 heterocycles. The number of carbonyl (C=O) groups is 1. The first-order valence-corrected chi connectivity index (χ1v) is 7.63. The monoisotopic (exact) mass is 346 g/mol. The number of rotatable bonds is 4. The zero-order chi connectivity index (χ0) is 14.8. The van der Waals surface area contributed by atoms with Gasteiger partial charge in [0, 0.05) is 6.61 Å². The van der Waals surface area contributed by atoms with Crippen LogP contribution in [0.2, 0.25) is 0 Å². The topological polar surface area (TPSA) is 26.3 Å². The fourth-order valence-corrected chi connectivity index (χ4v) is 3.13. The third kappa shape index (κ3) is 2.79. The summed E-state index contributed by atoms with van der Waals surface area (Å²) in [6.07, 6.45) is 3.73. The van der Waals surface area contributed by atoms with Crippen molar-refractivity contribution in [3.63, 3.8) is 0 Å². The van der Waals surface area contributed by atoms with E-state index >= 15 is 0 Å². The minimum absolute atomic E-state index is 0.0877. The standard InChI is InChI=1S/C15H17BrF2O2/c1-2-20-15(8-4-3-5-9-15)14(19)12-11(17)7-6-10(16)13(12)18/h6-7H,2-5,8-9H2,1H3. The number of benzene rings is 1. The van der Waals surface area contributed by atoms with Crippen LogP contribution >= 0.6 is 15.9 Å². The molecule has 1 saturated carbocycles. The van der Waals surface area contributed by atoms with Crippen LogP contribution < -0.4 is 0 Å². The molecule has 5 heteroatoms. The second-order valence-corrected chi connectivity index (χ2v) is 5.89. The molecule has 1 aliphatic carbocycles. The Morgan fingerprint density at radius 2 is 1.95 bits per heavy atom. The van der Waals surface area contributed by atoms with Gasteiger partial charge in [0.1, 0.15) is 11.4 Å². The molecule has 0 spiro atoms. The summed E-state index contributed by atoms with van der Waals surface area (Å²) in [4.78, 5) is 12.7. The molecule has 110 valence electrons. The molecule has 20 heavy (non-hydrogen) atoms. The fourth-order valence-electron chi connectivity index (χ4n) is 2.80. The molecule has 2 rings (SSSR count). The Morgan fingerprint density at radius 3 is 2.55 bits per heavy atom. The van der Waals surface area contributed by atoms with Crippen LogP contribution in [0.25, 0.3) is 0 Å². The molecule has 1 aromatic rings. The van der Waals surface area contributed by atoms with Crippen molar-refractivity contribution in [2.45, 2.75) is 44.6 Å². The molecule has 1 aliphatic rings. The van der Waals surface area contributed by atoms with Gasteiger partial charge in [-0.3, -0.25) is 4.79 Å². The quantitative estimate of drug-likeness (QED) is 0.585. The number of ether oxygens (including phenoxy) is 1. The number of carbonyl (C=O) groups excluding carboxylic acids is 1. The summed E-state index contributed by atoms with van der Waals surface area (Å²) in [6, 6.07) is 2.36. The molecule has 0 aliphatic heterocycles. The highest BCUT2D eigenvalue weighted by Crippen LogP contribution is 2.36. The van der Waals surface area contributed by atoms with Crippen molar-refractivity contribution in [2.24, 2.45) is 0 Å². The lowest BCUT2D eigenvalue weighted by molar-refractivity contribution is -0.0415. The number of halogens is 3. The summed E-state index contributed by atoms with van der Waals surface area (Å²) in [5, 5.41) is 0. The average Bonchev–Trinajstić information content (AvgIpc) is 2.44. The van der Waals surface area contributed by atoms with E-state index in [0.717, 1.165) is 25.3 Å². The molecule has 0 N–H and O–H groups in total. The van der Waals surface area contributed by atoms with E-state index in [1.807, 2.05) is 0 Å². The molecule has 1 fully saturated rings. The lowest BCUT2D eigenvalue weighted by Gasteiger charge is -2.35. The van der Waals surface area contributed by atoms with Crippen molar-refractivity contribution in [1.82, 2.24) is 0 Å². The van der Waals surface area contributed by atoms with Gasteiger partial charge in [-0.05, 0) is 47.8 Å². The average molecular weight is 347 g/mol. The Kier molecular flexibility index (Phi) is 4.91. The first kappa shape index (κ1) is 15.6. The van der Waals surface area contributed by atoms with Gasteiger partial charge < -0.3 is 4.74 Å². The third-order valence-electron chi connectivity index (χ3n) is 3.77. The molecular weight excluding hydrogens is 330 g/mol. The summed E-state index contributed by atoms with van der Waals surface area (Å²) in [5.41, 5.74) is -1.56. The van der Waals surface area contributed by atoms with E-state index in [2.05, 4.69) is 15.9 Å².